The van der Waals surface area contributed by atoms with Crippen molar-refractivity contribution < 1.29 is 9.90 Å². The molecule has 0 spiro atoms. The Bertz CT molecular complexity index is 331. The molecule has 4 bridgehead atoms. The van der Waals surface area contributed by atoms with Gasteiger partial charge in [-0.05, 0) is 75.5 Å². The fraction of sp³-hybridized carbons (Fsp3) is 0.941. The summed E-state index contributed by atoms with van der Waals surface area (Å²) in [5.74, 6) is 2.95. The zero-order valence-electron chi connectivity index (χ0n) is 12.8. The summed E-state index contributed by atoms with van der Waals surface area (Å²) in [7, 11) is 1.99. The fourth-order valence-corrected chi connectivity index (χ4v) is 5.52. The van der Waals surface area contributed by atoms with E-state index in [0.717, 1.165) is 43.6 Å². The summed E-state index contributed by atoms with van der Waals surface area (Å²) in [6.07, 6.45) is 10.6. The SMILES string of the molecule is CN(CCCCCO)C(=O)C12CC3CC(CC(C3)C1)C2. The number of hydrogen-bond acceptors (Lipinski definition) is 2. The lowest BCUT2D eigenvalue weighted by atomic mass is 9.49. The van der Waals surface area contributed by atoms with Crippen molar-refractivity contribution in [2.75, 3.05) is 20.2 Å². The summed E-state index contributed by atoms with van der Waals surface area (Å²) in [6, 6.07) is 0. The van der Waals surface area contributed by atoms with Gasteiger partial charge >= 0.3 is 0 Å². The molecule has 0 aromatic rings. The Hall–Kier alpha value is -0.570. The number of aliphatic hydroxyl groups excluding tert-OH is 1. The molecule has 4 aliphatic carbocycles. The molecule has 0 unspecified atom stereocenters. The molecule has 0 aromatic heterocycles. The van der Waals surface area contributed by atoms with E-state index in [9.17, 15) is 4.79 Å². The molecule has 0 atom stereocenters. The van der Waals surface area contributed by atoms with E-state index in [1.165, 1.54) is 38.5 Å². The van der Waals surface area contributed by atoms with Crippen molar-refractivity contribution in [2.24, 2.45) is 23.2 Å². The molecule has 0 saturated heterocycles. The van der Waals surface area contributed by atoms with Gasteiger partial charge in [0, 0.05) is 20.2 Å². The Morgan fingerprint density at radius 1 is 1.05 bits per heavy atom. The molecule has 20 heavy (non-hydrogen) atoms. The number of aliphatic hydroxyl groups is 1. The number of unbranched alkanes of at least 4 members (excludes halogenated alkanes) is 2. The van der Waals surface area contributed by atoms with Crippen LogP contribution in [0.2, 0.25) is 0 Å². The van der Waals surface area contributed by atoms with Crippen LogP contribution in [0.4, 0.5) is 0 Å². The van der Waals surface area contributed by atoms with Crippen molar-refractivity contribution in [3.63, 3.8) is 0 Å². The number of rotatable bonds is 6. The predicted octanol–water partition coefficient (Wildman–Crippen LogP) is 2.82. The maximum absolute atomic E-state index is 12.9. The molecular formula is C17H29NO2. The van der Waals surface area contributed by atoms with Gasteiger partial charge in [-0.3, -0.25) is 4.79 Å². The highest BCUT2D eigenvalue weighted by atomic mass is 16.2. The summed E-state index contributed by atoms with van der Waals surface area (Å²) in [6.45, 7) is 1.13. The lowest BCUT2D eigenvalue weighted by Gasteiger charge is -2.56. The van der Waals surface area contributed by atoms with Gasteiger partial charge in [-0.1, -0.05) is 0 Å². The molecule has 4 aliphatic rings. The molecule has 3 heteroatoms. The number of nitrogens with zero attached hydrogens (tertiary/aromatic N) is 1. The zero-order valence-corrected chi connectivity index (χ0v) is 12.8. The fourth-order valence-electron chi connectivity index (χ4n) is 5.52. The van der Waals surface area contributed by atoms with E-state index >= 15 is 0 Å². The zero-order chi connectivity index (χ0) is 14.2. The van der Waals surface area contributed by atoms with Gasteiger partial charge in [0.05, 0.1) is 5.41 Å². The van der Waals surface area contributed by atoms with Crippen molar-refractivity contribution in [3.8, 4) is 0 Å². The average Bonchev–Trinajstić information content (AvgIpc) is 2.41. The van der Waals surface area contributed by atoms with Gasteiger partial charge in [0.25, 0.3) is 0 Å². The molecule has 0 aromatic carbocycles. The summed E-state index contributed by atoms with van der Waals surface area (Å²) in [5.41, 5.74) is 0.0144. The van der Waals surface area contributed by atoms with Crippen LogP contribution in [0, 0.1) is 23.2 Å². The summed E-state index contributed by atoms with van der Waals surface area (Å²) >= 11 is 0. The predicted molar refractivity (Wildman–Crippen MR) is 79.2 cm³/mol. The lowest BCUT2D eigenvalue weighted by molar-refractivity contribution is -0.156. The summed E-state index contributed by atoms with van der Waals surface area (Å²) in [5, 5.41) is 8.81. The summed E-state index contributed by atoms with van der Waals surface area (Å²) < 4.78 is 0. The number of amides is 1. The first-order valence-electron chi connectivity index (χ1n) is 8.49. The Morgan fingerprint density at radius 3 is 2.10 bits per heavy atom. The number of carbonyl (C=O) groups is 1. The van der Waals surface area contributed by atoms with Crippen LogP contribution in [0.5, 0.6) is 0 Å². The molecular weight excluding hydrogens is 250 g/mol. The minimum absolute atomic E-state index is 0.0144. The molecule has 1 N–H and O–H groups in total. The Morgan fingerprint density at radius 2 is 1.60 bits per heavy atom. The highest BCUT2D eigenvalue weighted by Crippen LogP contribution is 2.60. The van der Waals surface area contributed by atoms with Crippen LogP contribution in [0.1, 0.15) is 57.8 Å². The number of hydrogen-bond donors (Lipinski definition) is 1. The van der Waals surface area contributed by atoms with Crippen LogP contribution in [-0.4, -0.2) is 36.1 Å². The van der Waals surface area contributed by atoms with Crippen molar-refractivity contribution in [1.82, 2.24) is 4.90 Å². The van der Waals surface area contributed by atoms with Gasteiger partial charge in [0.15, 0.2) is 0 Å². The molecule has 0 heterocycles. The van der Waals surface area contributed by atoms with Crippen molar-refractivity contribution in [2.45, 2.75) is 57.8 Å². The second-order valence-electron chi connectivity index (χ2n) is 7.71. The van der Waals surface area contributed by atoms with Gasteiger partial charge in [-0.2, -0.15) is 0 Å². The molecule has 1 amide bonds. The van der Waals surface area contributed by atoms with Gasteiger partial charge in [0.1, 0.15) is 0 Å². The van der Waals surface area contributed by atoms with Gasteiger partial charge in [0.2, 0.25) is 5.91 Å². The van der Waals surface area contributed by atoms with E-state index in [4.69, 9.17) is 5.11 Å². The molecule has 0 radical (unpaired) electrons. The lowest BCUT2D eigenvalue weighted by Crippen LogP contribution is -2.54. The Balaban J connectivity index is 1.59. The highest BCUT2D eigenvalue weighted by molar-refractivity contribution is 5.83. The highest BCUT2D eigenvalue weighted by Gasteiger charge is 2.55. The smallest absolute Gasteiger partial charge is 0.228 e. The summed E-state index contributed by atoms with van der Waals surface area (Å²) in [4.78, 5) is 14.9. The van der Waals surface area contributed by atoms with E-state index in [-0.39, 0.29) is 12.0 Å². The second-order valence-corrected chi connectivity index (χ2v) is 7.71. The minimum atomic E-state index is 0.0144. The standard InChI is InChI=1S/C17H29NO2/c1-18(5-3-2-4-6-19)16(20)17-10-13-7-14(11-17)9-15(8-13)12-17/h13-15,19H,2-12H2,1H3. The molecule has 4 saturated carbocycles. The largest absolute Gasteiger partial charge is 0.396 e. The van der Waals surface area contributed by atoms with E-state index in [0.29, 0.717) is 5.91 Å². The first-order valence-corrected chi connectivity index (χ1v) is 8.49. The second kappa shape index (κ2) is 5.67. The van der Waals surface area contributed by atoms with Gasteiger partial charge in [-0.15, -0.1) is 0 Å². The normalized spacial score (nSPS) is 38.2. The maximum atomic E-state index is 12.9. The Kier molecular flexibility index (Phi) is 4.07. The van der Waals surface area contributed by atoms with Gasteiger partial charge in [-0.25, -0.2) is 0 Å². The maximum Gasteiger partial charge on any atom is 0.228 e. The first-order chi connectivity index (χ1) is 9.63. The van der Waals surface area contributed by atoms with Crippen molar-refractivity contribution in [3.05, 3.63) is 0 Å². The van der Waals surface area contributed by atoms with Crippen LogP contribution in [0.25, 0.3) is 0 Å². The monoisotopic (exact) mass is 279 g/mol. The average molecular weight is 279 g/mol. The molecule has 0 aliphatic heterocycles. The van der Waals surface area contributed by atoms with Crippen molar-refractivity contribution >= 4 is 5.91 Å². The van der Waals surface area contributed by atoms with Crippen molar-refractivity contribution in [1.29, 1.82) is 0 Å². The third-order valence-electron chi connectivity index (χ3n) is 5.99. The van der Waals surface area contributed by atoms with Crippen LogP contribution in [-0.2, 0) is 4.79 Å². The topological polar surface area (TPSA) is 40.5 Å². The van der Waals surface area contributed by atoms with E-state index in [1.54, 1.807) is 0 Å². The first kappa shape index (κ1) is 14.4. The molecule has 114 valence electrons. The van der Waals surface area contributed by atoms with E-state index in [1.807, 2.05) is 11.9 Å². The van der Waals surface area contributed by atoms with E-state index in [2.05, 4.69) is 0 Å². The van der Waals surface area contributed by atoms with E-state index < -0.39 is 0 Å². The number of carbonyl (C=O) groups excluding carboxylic acids is 1. The Labute approximate surface area is 122 Å². The van der Waals surface area contributed by atoms with Crippen LogP contribution in [0.3, 0.4) is 0 Å². The third-order valence-corrected chi connectivity index (χ3v) is 5.99. The van der Waals surface area contributed by atoms with Crippen LogP contribution in [0.15, 0.2) is 0 Å². The molecule has 4 rings (SSSR count). The third kappa shape index (κ3) is 2.61. The van der Waals surface area contributed by atoms with Crippen LogP contribution >= 0.6 is 0 Å². The van der Waals surface area contributed by atoms with Gasteiger partial charge < -0.3 is 10.0 Å². The minimum Gasteiger partial charge on any atom is -0.396 e. The molecule has 4 fully saturated rings. The van der Waals surface area contributed by atoms with Crippen LogP contribution < -0.4 is 0 Å². The quantitative estimate of drug-likeness (QED) is 0.760. The molecule has 3 nitrogen and oxygen atoms in total.